The summed E-state index contributed by atoms with van der Waals surface area (Å²) in [6, 6.07) is 65.2. The summed E-state index contributed by atoms with van der Waals surface area (Å²) in [5, 5.41) is 44.3. The molecule has 11 rings (SSSR count). The molecule has 0 aromatic heterocycles. The van der Waals surface area contributed by atoms with E-state index in [0.29, 0.717) is 45.6 Å². The first-order chi connectivity index (χ1) is 50.8. The van der Waals surface area contributed by atoms with Crippen LogP contribution < -0.4 is 0 Å². The van der Waals surface area contributed by atoms with Gasteiger partial charge in [-0.3, -0.25) is 13.8 Å². The van der Waals surface area contributed by atoms with Gasteiger partial charge in [-0.2, -0.15) is 8.42 Å². The minimum absolute atomic E-state index is 0.0361. The van der Waals surface area contributed by atoms with E-state index in [1.165, 1.54) is 53.6 Å². The molecule has 0 saturated heterocycles. The van der Waals surface area contributed by atoms with Crippen LogP contribution in [0.5, 0.6) is 57.5 Å². The average molecular weight is 1330 g/mol. The van der Waals surface area contributed by atoms with E-state index >= 15 is 0 Å². The van der Waals surface area contributed by atoms with E-state index in [-0.39, 0.29) is 61.6 Å². The maximum atomic E-state index is 12.5. The van der Waals surface area contributed by atoms with E-state index < -0.39 is 21.3 Å². The number of benzene rings is 10. The van der Waals surface area contributed by atoms with Crippen LogP contribution in [0.4, 0.5) is 0 Å². The molecule has 0 heterocycles. The second-order valence-corrected chi connectivity index (χ2v) is 25.2. The van der Waals surface area contributed by atoms with Gasteiger partial charge in [0.1, 0.15) is 45.1 Å². The Kier molecular flexibility index (Phi) is 20.3. The minimum atomic E-state index is -3.78. The van der Waals surface area contributed by atoms with Gasteiger partial charge in [-0.15, -0.1) is 0 Å². The Balaban J connectivity index is 0.000000217. The van der Waals surface area contributed by atoms with E-state index in [1.807, 2.05) is 106 Å². The van der Waals surface area contributed by atoms with Gasteiger partial charge in [-0.25, -0.2) is 0 Å². The largest absolute Gasteiger partial charge is 0.508 e. The number of rotatable bonds is 22. The third kappa shape index (κ3) is 18.1. The van der Waals surface area contributed by atoms with Gasteiger partial charge in [-0.1, -0.05) is 183 Å². The van der Waals surface area contributed by atoms with Crippen molar-refractivity contribution in [1.82, 2.24) is 0 Å². The van der Waals surface area contributed by atoms with E-state index in [4.69, 9.17) is 14.3 Å². The Bertz CT molecular complexity index is 4510. The molecule has 500 valence electrons. The summed E-state index contributed by atoms with van der Waals surface area (Å²) in [7, 11) is -2.68. The first-order valence-electron chi connectivity index (χ1n) is 34.9. The Hall–Kier alpha value is -10.8. The Labute approximate surface area is 577 Å². The van der Waals surface area contributed by atoms with Crippen molar-refractivity contribution in [2.75, 3.05) is 7.11 Å². The normalized spacial score (nSPS) is 13.4. The zero-order valence-electron chi connectivity index (χ0n) is 65.3. The fourth-order valence-corrected chi connectivity index (χ4v) is 11.5. The lowest BCUT2D eigenvalue weighted by molar-refractivity contribution is 0.0950. The molecular formula is C80H84O15S. The molecule has 0 amide bonds. The topological polar surface area (TPSA) is 280 Å². The summed E-state index contributed by atoms with van der Waals surface area (Å²) in [6.07, 6.45) is 4.34. The molecule has 1 aliphatic carbocycles. The van der Waals surface area contributed by atoms with Gasteiger partial charge in [0.2, 0.25) is 5.75 Å². The van der Waals surface area contributed by atoms with Gasteiger partial charge >= 0.3 is 0 Å². The number of carbonyl (C=O) groups is 2. The van der Waals surface area contributed by atoms with Crippen LogP contribution in [0.1, 0.15) is 144 Å². The molecule has 15 nitrogen and oxygen atoms in total. The summed E-state index contributed by atoms with van der Waals surface area (Å²) < 4.78 is 97.4. The second-order valence-electron chi connectivity index (χ2n) is 23.6. The maximum absolute atomic E-state index is 12.5. The lowest BCUT2D eigenvalue weighted by atomic mass is 9.70. The molecule has 96 heavy (non-hydrogen) atoms. The molecule has 10 aromatic carbocycles. The van der Waals surface area contributed by atoms with E-state index in [0.717, 1.165) is 52.5 Å². The molecule has 0 saturated carbocycles. The Morgan fingerprint density at radius 1 is 0.490 bits per heavy atom. The van der Waals surface area contributed by atoms with Gasteiger partial charge in [0, 0.05) is 38.9 Å². The average Bonchev–Trinajstić information content (AvgIpc) is 0.752. The van der Waals surface area contributed by atoms with Crippen molar-refractivity contribution >= 4 is 27.8 Å². The number of phenolic OH excluding ortho intramolecular Hbond substituents is 10. The van der Waals surface area contributed by atoms with Crippen LogP contribution in [0.15, 0.2) is 229 Å². The number of fused-ring (bicyclic) bond motifs is 1. The first kappa shape index (κ1) is 60.2. The van der Waals surface area contributed by atoms with Crippen molar-refractivity contribution in [2.24, 2.45) is 5.92 Å². The highest BCUT2D eigenvalue weighted by Gasteiger charge is 2.33. The van der Waals surface area contributed by atoms with Crippen LogP contribution in [0.25, 0.3) is 6.08 Å². The van der Waals surface area contributed by atoms with Crippen molar-refractivity contribution in [1.29, 1.82) is 14.3 Å². The highest BCUT2D eigenvalue weighted by Crippen LogP contribution is 2.43. The third-order valence-electron chi connectivity index (χ3n) is 16.5. The van der Waals surface area contributed by atoms with Gasteiger partial charge in [0.05, 0.1) is 12.7 Å². The van der Waals surface area contributed by atoms with Crippen LogP contribution >= 0.6 is 0 Å². The molecule has 10 aromatic rings. The fraction of sp³-hybridized carbons (Fsp3) is 0.200. The number of hydrogen-bond donors (Lipinski definition) is 10. The maximum Gasteiger partial charge on any atom is 0.297 e. The van der Waals surface area contributed by atoms with Crippen LogP contribution in [0, 0.1) is 12.8 Å². The molecule has 0 aliphatic heterocycles. The molecule has 1 unspecified atom stereocenters. The molecule has 0 fully saturated rings. The predicted molar refractivity (Wildman–Crippen MR) is 376 cm³/mol. The molecule has 1 atom stereocenters. The lowest BCUT2D eigenvalue weighted by Gasteiger charge is -2.33. The quantitative estimate of drug-likeness (QED) is 0.0131. The molecule has 10 N–H and O–H groups in total. The zero-order chi connectivity index (χ0) is 77.9. The number of hydrogen-bond acceptors (Lipinski definition) is 15. The van der Waals surface area contributed by atoms with Crippen LogP contribution in [-0.2, 0) is 37.0 Å². The summed E-state index contributed by atoms with van der Waals surface area (Å²) in [6.45, 7) is 20.6. The number of carbonyl (C=O) groups excluding carboxylic acids is 2. The van der Waals surface area contributed by atoms with Gasteiger partial charge in [0.25, 0.3) is 24.4 Å². The summed E-state index contributed by atoms with van der Waals surface area (Å²) in [4.78, 5) is 24.4. The highest BCUT2D eigenvalue weighted by atomic mass is 32.2. The number of phenols is 10. The molecular weight excluding hydrogens is 1230 g/mol. The zero-order valence-corrected chi connectivity index (χ0v) is 56.1. The van der Waals surface area contributed by atoms with Crippen molar-refractivity contribution in [2.45, 2.75) is 96.8 Å². The minimum Gasteiger partial charge on any atom is -0.508 e. The Morgan fingerprint density at radius 3 is 1.33 bits per heavy atom. The van der Waals surface area contributed by atoms with E-state index in [1.54, 1.807) is 79.7 Å². The van der Waals surface area contributed by atoms with Crippen molar-refractivity contribution in [3.8, 4) is 57.5 Å². The molecule has 0 radical (unpaired) electrons. The molecule has 16 heteroatoms. The third-order valence-corrected chi connectivity index (χ3v) is 17.8. The van der Waals surface area contributed by atoms with Crippen LogP contribution in [0.2, 0.25) is 0 Å². The molecule has 0 bridgehead atoms. The van der Waals surface area contributed by atoms with Crippen molar-refractivity contribution < 1.29 is 73.3 Å². The monoisotopic (exact) mass is 1330 g/mol. The standard InChI is InChI=1S/C29H28O3.C15H16O2.C13H10O5.C12H12O4S.C9H12O.C2H6/c1-28(2,21-8-14-25(30)15-9-21)20-4-6-22(7-5-20)29(3,23-10-16-26(31)17-11-23)24-12-18-27(32)19-13-24;1-15(2,11-3-7-13(16)8-4-11)12-5-9-14(17)10-6-12;14-8-3-1-2-7(6-8)11(16)9-4-5-10(15)13(18)12(9)17;1-8-6-7-9-10(12(8)13)4-3-5-11(9)17(14,15)16-2;1-3-8-4-7(2)5-9(10)6-8;1-2/h4-19,30-32H,1-3H3;3-10,16-17H,1-2H3;1-6,14-15,17-18H;3-8H,1-2H3;4-6,10H,3H2,1-2H3;1-2H3/i/hD10. The second kappa shape index (κ2) is 32.4. The Morgan fingerprint density at radius 2 is 0.917 bits per heavy atom. The summed E-state index contributed by atoms with van der Waals surface area (Å²) >= 11 is 0. The highest BCUT2D eigenvalue weighted by molar-refractivity contribution is 7.86. The van der Waals surface area contributed by atoms with Gasteiger partial charge in [0.15, 0.2) is 23.1 Å². The molecule has 1 aliphatic rings. The first-order valence-corrected chi connectivity index (χ1v) is 32.2. The van der Waals surface area contributed by atoms with Gasteiger partial charge < -0.3 is 51.1 Å². The summed E-state index contributed by atoms with van der Waals surface area (Å²) in [5.74, 6) is 1.62. The smallest absolute Gasteiger partial charge is 0.297 e. The summed E-state index contributed by atoms with van der Waals surface area (Å²) in [5.41, 5.74) is 10.2. The lowest BCUT2D eigenvalue weighted by Crippen LogP contribution is -2.26. The number of ketones is 2. The van der Waals surface area contributed by atoms with Crippen molar-refractivity contribution in [3.63, 3.8) is 0 Å². The SMILES string of the molecule is CC.COS(=O)(=O)c1cccc2c1C=CC(C)C2=O.[2H]Oc1cc(C)cc(CC)c1.[2H]Oc1ccc(C(C)(C)c2ccc(C(C)(c3ccc(O[2H])cc3)c3ccc(O[2H])cc3)cc2)cc1.[2H]Oc1ccc(C(C)(C)c2ccc(O[2H])cc2)cc1.[2H]Oc1cccc(C(=O)c2ccc(O[2H])c(O[2H])c2O[2H])c1. The number of aromatic hydroxyl groups is 10. The fourth-order valence-electron chi connectivity index (χ4n) is 10.6. The van der Waals surface area contributed by atoms with Crippen LogP contribution in [0.3, 0.4) is 0 Å². The molecule has 0 spiro atoms. The number of aryl methyl sites for hydroxylation is 2. The predicted octanol–water partition coefficient (Wildman–Crippen LogP) is 16.8. The van der Waals surface area contributed by atoms with Crippen LogP contribution in [-0.4, -0.2) is 92.5 Å². The van der Waals surface area contributed by atoms with Crippen molar-refractivity contribution in [3.05, 3.63) is 297 Å². The van der Waals surface area contributed by atoms with E-state index in [9.17, 15) is 18.0 Å². The number of allylic oxidation sites excluding steroid dienone is 1. The number of Topliss-reactive ketones (excluding diaryl/α,β-unsaturated/α-hetero) is 1. The van der Waals surface area contributed by atoms with Gasteiger partial charge in [-0.05, 0) is 173 Å². The van der Waals surface area contributed by atoms with E-state index in [2.05, 4.69) is 127 Å².